The van der Waals surface area contributed by atoms with Crippen LogP contribution >= 0.6 is 0 Å². The highest BCUT2D eigenvalue weighted by Crippen LogP contribution is 2.28. The molecule has 0 saturated heterocycles. The molecule has 156 valence electrons. The number of hydrogen-bond acceptors (Lipinski definition) is 5. The minimum Gasteiger partial charge on any atom is -0.383 e. The molecule has 1 amide bonds. The number of carbonyl (C=O) groups excluding carboxylic acids is 1. The number of hydrogen-bond donors (Lipinski definition) is 2. The lowest BCUT2D eigenvalue weighted by Gasteiger charge is -2.11. The topological polar surface area (TPSA) is 98.2 Å². The van der Waals surface area contributed by atoms with Crippen molar-refractivity contribution in [3.8, 4) is 0 Å². The van der Waals surface area contributed by atoms with E-state index in [0.29, 0.717) is 22.2 Å². The van der Waals surface area contributed by atoms with Gasteiger partial charge in [-0.15, -0.1) is 0 Å². The maximum atomic E-state index is 13.2. The lowest BCUT2D eigenvalue weighted by molar-refractivity contribution is 0.0940. The van der Waals surface area contributed by atoms with Gasteiger partial charge in [0, 0.05) is 6.04 Å². The molecule has 2 heterocycles. The predicted molar refractivity (Wildman–Crippen MR) is 123 cm³/mol. The number of aryl methyl sites for hydroxylation is 1. The monoisotopic (exact) mass is 412 g/mol. The zero-order valence-corrected chi connectivity index (χ0v) is 17.4. The molecular formula is C24H24N6O. The summed E-state index contributed by atoms with van der Waals surface area (Å²) in [6.45, 7) is 2.03. The Hall–Kier alpha value is -3.74. The van der Waals surface area contributed by atoms with E-state index in [-0.39, 0.29) is 17.8 Å². The first-order chi connectivity index (χ1) is 15.1. The molecule has 7 heteroatoms. The maximum absolute atomic E-state index is 13.2. The fourth-order valence-electron chi connectivity index (χ4n) is 4.19. The quantitative estimate of drug-likeness (QED) is 0.495. The van der Waals surface area contributed by atoms with Gasteiger partial charge in [0.25, 0.3) is 5.91 Å². The van der Waals surface area contributed by atoms with E-state index in [4.69, 9.17) is 15.7 Å². The number of anilines is 1. The van der Waals surface area contributed by atoms with Crippen LogP contribution in [0.15, 0.2) is 53.6 Å². The average Bonchev–Trinajstić information content (AvgIpc) is 3.36. The number of para-hydroxylation sites is 2. The highest BCUT2D eigenvalue weighted by Gasteiger charge is 2.26. The molecule has 7 nitrogen and oxygen atoms in total. The minimum atomic E-state index is -0.219. The molecule has 5 rings (SSSR count). The van der Waals surface area contributed by atoms with E-state index in [2.05, 4.69) is 10.4 Å². The second-order valence-electron chi connectivity index (χ2n) is 8.07. The van der Waals surface area contributed by atoms with Crippen molar-refractivity contribution >= 4 is 40.1 Å². The molecule has 31 heavy (non-hydrogen) atoms. The molecule has 2 aromatic carbocycles. The summed E-state index contributed by atoms with van der Waals surface area (Å²) in [5.74, 6) is 0.0215. The Labute approximate surface area is 180 Å². The van der Waals surface area contributed by atoms with Gasteiger partial charge in [-0.1, -0.05) is 54.8 Å². The van der Waals surface area contributed by atoms with Crippen molar-refractivity contribution in [1.29, 1.82) is 0 Å². The number of nitrogens with zero attached hydrogens (tertiary/aromatic N) is 4. The summed E-state index contributed by atoms with van der Waals surface area (Å²) in [6, 6.07) is 15.7. The summed E-state index contributed by atoms with van der Waals surface area (Å²) in [7, 11) is 0. The normalized spacial score (nSPS) is 14.7. The molecule has 0 radical (unpaired) electrons. The number of nitrogen functional groups attached to an aromatic ring is 1. The van der Waals surface area contributed by atoms with Crippen molar-refractivity contribution < 1.29 is 4.79 Å². The molecule has 0 atom stereocenters. The highest BCUT2D eigenvalue weighted by atomic mass is 16.1. The fourth-order valence-corrected chi connectivity index (χ4v) is 4.19. The predicted octanol–water partition coefficient (Wildman–Crippen LogP) is 4.03. The van der Waals surface area contributed by atoms with Crippen LogP contribution in [-0.2, 0) is 0 Å². The van der Waals surface area contributed by atoms with Gasteiger partial charge in [0.2, 0.25) is 0 Å². The first kappa shape index (κ1) is 19.2. The first-order valence-corrected chi connectivity index (χ1v) is 10.6. The number of benzene rings is 2. The molecule has 2 aromatic heterocycles. The fraction of sp³-hybridized carbons (Fsp3) is 0.250. The Bertz CT molecular complexity index is 1320. The Kier molecular flexibility index (Phi) is 4.86. The van der Waals surface area contributed by atoms with Crippen LogP contribution in [0.4, 0.5) is 5.82 Å². The molecule has 1 aliphatic rings. The summed E-state index contributed by atoms with van der Waals surface area (Å²) in [5.41, 5.74) is 11.2. The SMILES string of the molecule is Cc1cccc(/C=N\n2c(N)c(C(=O)NC3CCCC3)c3nc4ccccc4nc32)c1. The zero-order chi connectivity index (χ0) is 21.4. The van der Waals surface area contributed by atoms with Crippen LogP contribution in [-0.4, -0.2) is 32.8 Å². The Morgan fingerprint density at radius 1 is 1.13 bits per heavy atom. The largest absolute Gasteiger partial charge is 0.383 e. The van der Waals surface area contributed by atoms with E-state index in [1.165, 1.54) is 4.68 Å². The lowest BCUT2D eigenvalue weighted by Crippen LogP contribution is -2.33. The van der Waals surface area contributed by atoms with Gasteiger partial charge in [0.15, 0.2) is 5.65 Å². The lowest BCUT2D eigenvalue weighted by atomic mass is 10.2. The summed E-state index contributed by atoms with van der Waals surface area (Å²) >= 11 is 0. The second-order valence-corrected chi connectivity index (χ2v) is 8.07. The third-order valence-electron chi connectivity index (χ3n) is 5.76. The number of fused-ring (bicyclic) bond motifs is 2. The summed E-state index contributed by atoms with van der Waals surface area (Å²) < 4.78 is 1.51. The summed E-state index contributed by atoms with van der Waals surface area (Å²) in [4.78, 5) is 22.6. The van der Waals surface area contributed by atoms with Crippen molar-refractivity contribution in [2.24, 2.45) is 5.10 Å². The van der Waals surface area contributed by atoms with Crippen molar-refractivity contribution in [2.45, 2.75) is 38.6 Å². The van der Waals surface area contributed by atoms with Gasteiger partial charge in [0.05, 0.1) is 17.2 Å². The number of carbonyl (C=O) groups is 1. The van der Waals surface area contributed by atoms with Crippen molar-refractivity contribution in [1.82, 2.24) is 20.0 Å². The molecule has 0 unspecified atom stereocenters. The second kappa shape index (κ2) is 7.83. The molecule has 1 aliphatic carbocycles. The first-order valence-electron chi connectivity index (χ1n) is 10.6. The van der Waals surface area contributed by atoms with Gasteiger partial charge in [0.1, 0.15) is 16.9 Å². The van der Waals surface area contributed by atoms with Crippen LogP contribution in [0.1, 0.15) is 47.2 Å². The van der Waals surface area contributed by atoms with Gasteiger partial charge < -0.3 is 11.1 Å². The molecule has 0 bridgehead atoms. The molecule has 0 spiro atoms. The number of aromatic nitrogens is 3. The standard InChI is InChI=1S/C24H24N6O/c1-15-7-6-8-16(13-15)14-26-30-22(25)20(24(31)27-17-9-2-3-10-17)21-23(30)29-19-12-5-4-11-18(19)28-21/h4-8,11-14,17H,2-3,9-10,25H2,1H3,(H,27,31)/b26-14-. The number of nitrogens with one attached hydrogen (secondary N) is 1. The van der Waals surface area contributed by atoms with Crippen molar-refractivity contribution in [3.63, 3.8) is 0 Å². The van der Waals surface area contributed by atoms with E-state index in [1.54, 1.807) is 6.21 Å². The van der Waals surface area contributed by atoms with Crippen LogP contribution in [0.2, 0.25) is 0 Å². The molecule has 1 fully saturated rings. The van der Waals surface area contributed by atoms with E-state index in [0.717, 1.165) is 42.3 Å². The van der Waals surface area contributed by atoms with Gasteiger partial charge in [-0.25, -0.2) is 9.97 Å². The Balaban J connectivity index is 1.65. The van der Waals surface area contributed by atoms with E-state index in [1.807, 2.05) is 55.5 Å². The van der Waals surface area contributed by atoms with Crippen LogP contribution in [0.3, 0.4) is 0 Å². The molecule has 1 saturated carbocycles. The number of rotatable bonds is 4. The third-order valence-corrected chi connectivity index (χ3v) is 5.76. The van der Waals surface area contributed by atoms with Crippen molar-refractivity contribution in [3.05, 3.63) is 65.2 Å². The van der Waals surface area contributed by atoms with Crippen LogP contribution < -0.4 is 11.1 Å². The van der Waals surface area contributed by atoms with E-state index >= 15 is 0 Å². The minimum absolute atomic E-state index is 0.175. The molecule has 0 aliphatic heterocycles. The van der Waals surface area contributed by atoms with Crippen LogP contribution in [0.25, 0.3) is 22.2 Å². The third kappa shape index (κ3) is 3.63. The molecular weight excluding hydrogens is 388 g/mol. The summed E-state index contributed by atoms with van der Waals surface area (Å²) in [6.07, 6.45) is 5.97. The van der Waals surface area contributed by atoms with Crippen LogP contribution in [0.5, 0.6) is 0 Å². The highest BCUT2D eigenvalue weighted by molar-refractivity contribution is 6.10. The Morgan fingerprint density at radius 3 is 2.61 bits per heavy atom. The van der Waals surface area contributed by atoms with Gasteiger partial charge in [-0.05, 0) is 37.5 Å². The Morgan fingerprint density at radius 2 is 1.87 bits per heavy atom. The number of nitrogens with two attached hydrogens (primary N) is 1. The number of amides is 1. The average molecular weight is 412 g/mol. The summed E-state index contributed by atoms with van der Waals surface area (Å²) in [5, 5.41) is 7.69. The van der Waals surface area contributed by atoms with E-state index < -0.39 is 0 Å². The maximum Gasteiger partial charge on any atom is 0.257 e. The van der Waals surface area contributed by atoms with Crippen molar-refractivity contribution in [2.75, 3.05) is 5.73 Å². The molecule has 4 aromatic rings. The van der Waals surface area contributed by atoms with Gasteiger partial charge in [-0.3, -0.25) is 4.79 Å². The van der Waals surface area contributed by atoms with E-state index in [9.17, 15) is 4.79 Å². The zero-order valence-electron chi connectivity index (χ0n) is 17.4. The smallest absolute Gasteiger partial charge is 0.257 e. The van der Waals surface area contributed by atoms with Gasteiger partial charge >= 0.3 is 0 Å². The molecule has 3 N–H and O–H groups in total. The van der Waals surface area contributed by atoms with Gasteiger partial charge in [-0.2, -0.15) is 9.78 Å². The van der Waals surface area contributed by atoms with Crippen LogP contribution in [0, 0.1) is 6.92 Å².